The van der Waals surface area contributed by atoms with Crippen molar-refractivity contribution in [2.75, 3.05) is 6.61 Å². The van der Waals surface area contributed by atoms with Gasteiger partial charge in [-0.1, -0.05) is 6.07 Å². The fourth-order valence-electron chi connectivity index (χ4n) is 1.74. The topological polar surface area (TPSA) is 26.3 Å². The van der Waals surface area contributed by atoms with Crippen molar-refractivity contribution in [2.45, 2.75) is 19.3 Å². The fraction of sp³-hybridized carbons (Fsp3) is 0.308. The summed E-state index contributed by atoms with van der Waals surface area (Å²) in [4.78, 5) is 11.8. The lowest BCUT2D eigenvalue weighted by Gasteiger charge is -2.12. The molecule has 0 saturated heterocycles. The summed E-state index contributed by atoms with van der Waals surface area (Å²) in [6.07, 6.45) is 2.50. The lowest BCUT2D eigenvalue weighted by Crippen LogP contribution is -2.13. The minimum atomic E-state index is -0.685. The van der Waals surface area contributed by atoms with E-state index in [4.69, 9.17) is 4.74 Å². The number of hydrogen-bond acceptors (Lipinski definition) is 2. The highest BCUT2D eigenvalue weighted by atomic mass is 19.1. The third-order valence-electron chi connectivity index (χ3n) is 2.69. The van der Waals surface area contributed by atoms with Crippen LogP contribution in [0.15, 0.2) is 30.0 Å². The Kier molecular flexibility index (Phi) is 3.52. The van der Waals surface area contributed by atoms with Gasteiger partial charge in [-0.2, -0.15) is 0 Å². The Balaban J connectivity index is 2.15. The van der Waals surface area contributed by atoms with Gasteiger partial charge in [0.25, 0.3) is 0 Å². The molecule has 0 amide bonds. The van der Waals surface area contributed by atoms with Crippen molar-refractivity contribution in [2.24, 2.45) is 0 Å². The molecular weight excluding hydrogens is 226 g/mol. The van der Waals surface area contributed by atoms with Crippen LogP contribution in [0, 0.1) is 11.6 Å². The van der Waals surface area contributed by atoms with Gasteiger partial charge in [-0.3, -0.25) is 4.79 Å². The maximum Gasteiger partial charge on any atom is 0.166 e. The minimum Gasteiger partial charge on any atom is -0.501 e. The Morgan fingerprint density at radius 2 is 2.00 bits per heavy atom. The average molecular weight is 238 g/mol. The smallest absolute Gasteiger partial charge is 0.166 e. The van der Waals surface area contributed by atoms with Crippen LogP contribution >= 0.6 is 0 Å². The molecule has 2 nitrogen and oxygen atoms in total. The van der Waals surface area contributed by atoms with E-state index in [1.165, 1.54) is 12.3 Å². The van der Waals surface area contributed by atoms with Crippen LogP contribution in [-0.4, -0.2) is 12.4 Å². The number of Topliss-reactive ketones (excluding diaryl/α,β-unsaturated/α-hetero) is 1. The highest BCUT2D eigenvalue weighted by Gasteiger charge is 2.18. The van der Waals surface area contributed by atoms with Crippen molar-refractivity contribution in [3.8, 4) is 0 Å². The number of allylic oxidation sites excluding steroid dienone is 1. The van der Waals surface area contributed by atoms with Crippen LogP contribution in [0.2, 0.25) is 0 Å². The van der Waals surface area contributed by atoms with Gasteiger partial charge < -0.3 is 4.74 Å². The molecule has 4 heteroatoms. The second-order valence-electron chi connectivity index (χ2n) is 3.92. The third kappa shape index (κ3) is 2.70. The number of ketones is 1. The maximum absolute atomic E-state index is 13.3. The Labute approximate surface area is 97.9 Å². The Bertz CT molecular complexity index is 446. The van der Waals surface area contributed by atoms with Crippen LogP contribution in [0.3, 0.4) is 0 Å². The second kappa shape index (κ2) is 5.08. The van der Waals surface area contributed by atoms with E-state index < -0.39 is 11.6 Å². The van der Waals surface area contributed by atoms with Gasteiger partial charge in [0.05, 0.1) is 12.9 Å². The van der Waals surface area contributed by atoms with Gasteiger partial charge in [0.15, 0.2) is 5.78 Å². The maximum atomic E-state index is 13.3. The van der Waals surface area contributed by atoms with Gasteiger partial charge in [0, 0.05) is 17.6 Å². The summed E-state index contributed by atoms with van der Waals surface area (Å²) in [7, 11) is 0. The van der Waals surface area contributed by atoms with E-state index in [9.17, 15) is 13.6 Å². The predicted molar refractivity (Wildman–Crippen MR) is 58.3 cm³/mol. The van der Waals surface area contributed by atoms with Crippen molar-refractivity contribution in [1.82, 2.24) is 0 Å². The average Bonchev–Trinajstić information content (AvgIpc) is 2.35. The molecule has 0 fully saturated rings. The first-order chi connectivity index (χ1) is 8.18. The molecule has 0 bridgehead atoms. The molecular formula is C13H12F2O2. The van der Waals surface area contributed by atoms with Crippen LogP contribution in [0.25, 0.3) is 0 Å². The van der Waals surface area contributed by atoms with E-state index in [0.29, 0.717) is 18.6 Å². The van der Waals surface area contributed by atoms with Crippen molar-refractivity contribution in [3.63, 3.8) is 0 Å². The fourth-order valence-corrected chi connectivity index (χ4v) is 1.74. The quantitative estimate of drug-likeness (QED) is 0.809. The monoisotopic (exact) mass is 238 g/mol. The summed E-state index contributed by atoms with van der Waals surface area (Å²) >= 11 is 0. The standard InChI is InChI=1S/C13H12F2O2/c14-11-4-1-5-12(15)10(11)7-13(16)9-3-2-6-17-8-9/h1,4-5,8H,2-3,6-7H2. The number of carbonyl (C=O) groups is 1. The highest BCUT2D eigenvalue weighted by Crippen LogP contribution is 2.18. The minimum absolute atomic E-state index is 0.177. The van der Waals surface area contributed by atoms with Crippen LogP contribution in [0.5, 0.6) is 0 Å². The van der Waals surface area contributed by atoms with Gasteiger partial charge in [0.2, 0.25) is 0 Å². The zero-order valence-corrected chi connectivity index (χ0v) is 9.21. The second-order valence-corrected chi connectivity index (χ2v) is 3.92. The first-order valence-electron chi connectivity index (χ1n) is 5.45. The normalized spacial score (nSPS) is 15.1. The summed E-state index contributed by atoms with van der Waals surface area (Å²) in [5.74, 6) is -1.65. The molecule has 1 heterocycles. The van der Waals surface area contributed by atoms with Crippen molar-refractivity contribution in [3.05, 3.63) is 47.2 Å². The molecule has 0 saturated carbocycles. The first-order valence-corrected chi connectivity index (χ1v) is 5.45. The first kappa shape index (κ1) is 11.8. The Hall–Kier alpha value is -1.71. The molecule has 1 aliphatic heterocycles. The Morgan fingerprint density at radius 3 is 2.59 bits per heavy atom. The molecule has 0 spiro atoms. The molecule has 1 aromatic carbocycles. The summed E-state index contributed by atoms with van der Waals surface area (Å²) in [5.41, 5.74) is 0.322. The third-order valence-corrected chi connectivity index (χ3v) is 2.69. The number of benzene rings is 1. The van der Waals surface area contributed by atoms with Gasteiger partial charge in [0.1, 0.15) is 11.6 Å². The lowest BCUT2D eigenvalue weighted by molar-refractivity contribution is -0.115. The van der Waals surface area contributed by atoms with Crippen LogP contribution in [-0.2, 0) is 16.0 Å². The van der Waals surface area contributed by atoms with Crippen LogP contribution < -0.4 is 0 Å². The number of hydrogen-bond donors (Lipinski definition) is 0. The Morgan fingerprint density at radius 1 is 1.29 bits per heavy atom. The molecule has 0 radical (unpaired) electrons. The summed E-state index contributed by atoms with van der Waals surface area (Å²) < 4.78 is 31.7. The zero-order valence-electron chi connectivity index (χ0n) is 9.21. The van der Waals surface area contributed by atoms with Gasteiger partial charge in [-0.05, 0) is 25.0 Å². The van der Waals surface area contributed by atoms with Gasteiger partial charge in [-0.25, -0.2) is 8.78 Å². The van der Waals surface area contributed by atoms with E-state index in [1.54, 1.807) is 0 Å². The number of ether oxygens (including phenoxy) is 1. The van der Waals surface area contributed by atoms with E-state index in [0.717, 1.165) is 18.6 Å². The molecule has 0 aliphatic carbocycles. The number of carbonyl (C=O) groups excluding carboxylic acids is 1. The van der Waals surface area contributed by atoms with Gasteiger partial charge >= 0.3 is 0 Å². The molecule has 0 unspecified atom stereocenters. The molecule has 17 heavy (non-hydrogen) atoms. The molecule has 2 rings (SSSR count). The van der Waals surface area contributed by atoms with E-state index in [-0.39, 0.29) is 17.8 Å². The molecule has 0 N–H and O–H groups in total. The lowest BCUT2D eigenvalue weighted by atomic mass is 9.99. The van der Waals surface area contributed by atoms with Crippen molar-refractivity contribution >= 4 is 5.78 Å². The SMILES string of the molecule is O=C(Cc1c(F)cccc1F)C1=COCCC1. The molecule has 0 aromatic heterocycles. The predicted octanol–water partition coefficient (Wildman–Crippen LogP) is 2.77. The molecule has 1 aromatic rings. The largest absolute Gasteiger partial charge is 0.501 e. The number of halogens is 2. The summed E-state index contributed by atoms with van der Waals surface area (Å²) in [6.45, 7) is 0.588. The van der Waals surface area contributed by atoms with Crippen molar-refractivity contribution < 1.29 is 18.3 Å². The number of rotatable bonds is 3. The van der Waals surface area contributed by atoms with Gasteiger partial charge in [-0.15, -0.1) is 0 Å². The highest BCUT2D eigenvalue weighted by molar-refractivity contribution is 5.96. The zero-order chi connectivity index (χ0) is 12.3. The molecule has 1 aliphatic rings. The molecule has 90 valence electrons. The van der Waals surface area contributed by atoms with Crippen LogP contribution in [0.1, 0.15) is 18.4 Å². The van der Waals surface area contributed by atoms with Crippen molar-refractivity contribution in [1.29, 1.82) is 0 Å². The van der Waals surface area contributed by atoms with Crippen LogP contribution in [0.4, 0.5) is 8.78 Å². The molecule has 0 atom stereocenters. The van der Waals surface area contributed by atoms with E-state index in [2.05, 4.69) is 0 Å². The van der Waals surface area contributed by atoms with E-state index in [1.807, 2.05) is 0 Å². The summed E-state index contributed by atoms with van der Waals surface area (Å²) in [5, 5.41) is 0. The summed E-state index contributed by atoms with van der Waals surface area (Å²) in [6, 6.07) is 3.58. The van der Waals surface area contributed by atoms with E-state index >= 15 is 0 Å².